The maximum Gasteiger partial charge on any atom is 0.141 e. The largest absolute Gasteiger partial charge is 0.299 e. The van der Waals surface area contributed by atoms with E-state index in [1.54, 1.807) is 6.08 Å². The second kappa shape index (κ2) is 6.46. The minimum atomic E-state index is -0.589. The van der Waals surface area contributed by atoms with Crippen molar-refractivity contribution in [1.82, 2.24) is 0 Å². The van der Waals surface area contributed by atoms with E-state index >= 15 is 0 Å². The van der Waals surface area contributed by atoms with Crippen LogP contribution in [0.3, 0.4) is 0 Å². The van der Waals surface area contributed by atoms with Gasteiger partial charge in [0.2, 0.25) is 0 Å². The van der Waals surface area contributed by atoms with Crippen molar-refractivity contribution in [2.45, 2.75) is 33.6 Å². The summed E-state index contributed by atoms with van der Waals surface area (Å²) in [5.74, 6) is -0.750. The van der Waals surface area contributed by atoms with Crippen LogP contribution in [0, 0.1) is 11.3 Å². The Kier molecular flexibility index (Phi) is 5.22. The second-order valence-corrected chi connectivity index (χ2v) is 5.35. The van der Waals surface area contributed by atoms with E-state index in [0.29, 0.717) is 0 Å². The molecule has 1 aromatic carbocycles. The lowest BCUT2D eigenvalue weighted by Gasteiger charge is -2.32. The Hall–Kier alpha value is -1.70. The van der Waals surface area contributed by atoms with Gasteiger partial charge in [-0.25, -0.2) is 0 Å². The molecule has 0 fully saturated rings. The summed E-state index contributed by atoms with van der Waals surface area (Å²) in [4.78, 5) is 23.5. The molecular weight excluding hydrogens is 236 g/mol. The number of rotatable bonds is 7. The highest BCUT2D eigenvalue weighted by atomic mass is 16.1. The van der Waals surface area contributed by atoms with E-state index in [1.807, 2.05) is 25.1 Å². The monoisotopic (exact) mass is 258 g/mol. The van der Waals surface area contributed by atoms with E-state index < -0.39 is 11.3 Å². The third-order valence-electron chi connectivity index (χ3n) is 3.73. The molecule has 0 radical (unpaired) electrons. The number of benzene rings is 1. The molecule has 0 unspecified atom stereocenters. The van der Waals surface area contributed by atoms with Crippen molar-refractivity contribution in [2.75, 3.05) is 0 Å². The van der Waals surface area contributed by atoms with Gasteiger partial charge in [0, 0.05) is 5.41 Å². The van der Waals surface area contributed by atoms with E-state index in [0.717, 1.165) is 12.8 Å². The van der Waals surface area contributed by atoms with Crippen LogP contribution in [0.2, 0.25) is 0 Å². The van der Waals surface area contributed by atoms with Crippen molar-refractivity contribution < 1.29 is 9.59 Å². The normalized spacial score (nSPS) is 13.9. The summed E-state index contributed by atoms with van der Waals surface area (Å²) in [6.07, 6.45) is 3.33. The van der Waals surface area contributed by atoms with Crippen LogP contribution in [0.1, 0.15) is 32.8 Å². The molecule has 0 N–H and O–H groups in total. The van der Waals surface area contributed by atoms with Crippen molar-refractivity contribution in [3.63, 3.8) is 0 Å². The third kappa shape index (κ3) is 3.88. The van der Waals surface area contributed by atoms with Gasteiger partial charge in [-0.1, -0.05) is 43.3 Å². The van der Waals surface area contributed by atoms with Gasteiger partial charge < -0.3 is 0 Å². The van der Waals surface area contributed by atoms with E-state index in [1.165, 1.54) is 19.4 Å². The quantitative estimate of drug-likeness (QED) is 0.553. The number of hydrogen-bond acceptors (Lipinski definition) is 2. The molecule has 2 heteroatoms. The van der Waals surface area contributed by atoms with E-state index in [2.05, 4.69) is 18.7 Å². The van der Waals surface area contributed by atoms with Crippen LogP contribution in [0.5, 0.6) is 0 Å². The van der Waals surface area contributed by atoms with Gasteiger partial charge in [-0.05, 0) is 32.3 Å². The van der Waals surface area contributed by atoms with E-state index in [9.17, 15) is 9.59 Å². The minimum absolute atomic E-state index is 0.0806. The lowest BCUT2D eigenvalue weighted by atomic mass is 9.70. The number of ketones is 2. The molecule has 0 bridgehead atoms. The standard InChI is InChI=1S/C17H22O2/c1-5-17(4,16(13(2)18)14(3)19)12-11-15-9-7-6-8-10-15/h5-10,16H,1,11-12H2,2-4H3/t17-/m1/s1. The fourth-order valence-corrected chi connectivity index (χ4v) is 2.64. The van der Waals surface area contributed by atoms with Crippen molar-refractivity contribution in [2.24, 2.45) is 11.3 Å². The summed E-state index contributed by atoms with van der Waals surface area (Å²) in [5, 5.41) is 0. The molecule has 0 heterocycles. The van der Waals surface area contributed by atoms with Crippen LogP contribution in [0.4, 0.5) is 0 Å². The number of carbonyl (C=O) groups excluding carboxylic acids is 2. The summed E-state index contributed by atoms with van der Waals surface area (Å²) in [6.45, 7) is 8.73. The van der Waals surface area contributed by atoms with Gasteiger partial charge in [0.1, 0.15) is 11.6 Å². The lowest BCUT2D eigenvalue weighted by molar-refractivity contribution is -0.134. The average molecular weight is 258 g/mol. The molecule has 0 aliphatic rings. The van der Waals surface area contributed by atoms with Gasteiger partial charge in [-0.3, -0.25) is 9.59 Å². The van der Waals surface area contributed by atoms with Gasteiger partial charge in [-0.2, -0.15) is 0 Å². The molecule has 19 heavy (non-hydrogen) atoms. The molecule has 1 atom stereocenters. The van der Waals surface area contributed by atoms with Crippen LogP contribution in [0.25, 0.3) is 0 Å². The zero-order valence-corrected chi connectivity index (χ0v) is 12.0. The molecule has 1 aromatic rings. The van der Waals surface area contributed by atoms with Crippen LogP contribution in [0.15, 0.2) is 43.0 Å². The SMILES string of the molecule is C=C[C@](C)(CCc1ccccc1)C(C(C)=O)C(C)=O. The molecule has 0 saturated carbocycles. The molecule has 102 valence electrons. The molecule has 1 rings (SSSR count). The summed E-state index contributed by atoms with van der Waals surface area (Å²) >= 11 is 0. The zero-order valence-electron chi connectivity index (χ0n) is 12.0. The van der Waals surface area contributed by atoms with Crippen molar-refractivity contribution in [1.29, 1.82) is 0 Å². The fraction of sp³-hybridized carbons (Fsp3) is 0.412. The van der Waals surface area contributed by atoms with Gasteiger partial charge in [0.05, 0.1) is 5.92 Å². The van der Waals surface area contributed by atoms with Crippen molar-refractivity contribution >= 4 is 11.6 Å². The molecule has 0 amide bonds. The first-order valence-electron chi connectivity index (χ1n) is 6.59. The van der Waals surface area contributed by atoms with Crippen LogP contribution < -0.4 is 0 Å². The molecule has 0 spiro atoms. The predicted molar refractivity (Wildman–Crippen MR) is 77.9 cm³/mol. The van der Waals surface area contributed by atoms with Gasteiger partial charge in [0.15, 0.2) is 0 Å². The Labute approximate surface area is 115 Å². The van der Waals surface area contributed by atoms with Crippen LogP contribution in [-0.2, 0) is 16.0 Å². The highest BCUT2D eigenvalue weighted by Crippen LogP contribution is 2.35. The molecule has 0 aliphatic carbocycles. The number of allylic oxidation sites excluding steroid dienone is 1. The molecular formula is C17H22O2. The van der Waals surface area contributed by atoms with E-state index in [-0.39, 0.29) is 11.6 Å². The first kappa shape index (κ1) is 15.4. The first-order valence-corrected chi connectivity index (χ1v) is 6.59. The van der Waals surface area contributed by atoms with Crippen molar-refractivity contribution in [3.05, 3.63) is 48.6 Å². The lowest BCUT2D eigenvalue weighted by Crippen LogP contribution is -2.36. The Morgan fingerprint density at radius 2 is 1.74 bits per heavy atom. The number of carbonyl (C=O) groups is 2. The maximum atomic E-state index is 11.7. The Balaban J connectivity index is 2.88. The highest BCUT2D eigenvalue weighted by Gasteiger charge is 2.37. The van der Waals surface area contributed by atoms with E-state index in [4.69, 9.17) is 0 Å². The highest BCUT2D eigenvalue weighted by molar-refractivity contribution is 6.01. The molecule has 0 aliphatic heterocycles. The topological polar surface area (TPSA) is 34.1 Å². The number of Topliss-reactive ketones (excluding diaryl/α,β-unsaturated/α-hetero) is 2. The molecule has 0 saturated heterocycles. The molecule has 2 nitrogen and oxygen atoms in total. The average Bonchev–Trinajstić information content (AvgIpc) is 2.37. The van der Waals surface area contributed by atoms with Gasteiger partial charge >= 0.3 is 0 Å². The van der Waals surface area contributed by atoms with Gasteiger partial charge in [-0.15, -0.1) is 6.58 Å². The minimum Gasteiger partial charge on any atom is -0.299 e. The summed E-state index contributed by atoms with van der Waals surface area (Å²) in [5.41, 5.74) is 0.731. The summed E-state index contributed by atoms with van der Waals surface area (Å²) in [6, 6.07) is 10.1. The predicted octanol–water partition coefficient (Wildman–Crippen LogP) is 3.61. The fourth-order valence-electron chi connectivity index (χ4n) is 2.64. The first-order chi connectivity index (χ1) is 8.90. The van der Waals surface area contributed by atoms with Crippen LogP contribution in [-0.4, -0.2) is 11.6 Å². The smallest absolute Gasteiger partial charge is 0.141 e. The molecule has 0 aromatic heterocycles. The maximum absolute atomic E-state index is 11.7. The number of aryl methyl sites for hydroxylation is 1. The van der Waals surface area contributed by atoms with Gasteiger partial charge in [0.25, 0.3) is 0 Å². The van der Waals surface area contributed by atoms with Crippen LogP contribution >= 0.6 is 0 Å². The number of hydrogen-bond donors (Lipinski definition) is 0. The Morgan fingerprint density at radius 1 is 1.21 bits per heavy atom. The summed E-state index contributed by atoms with van der Waals surface area (Å²) in [7, 11) is 0. The third-order valence-corrected chi connectivity index (χ3v) is 3.73. The summed E-state index contributed by atoms with van der Waals surface area (Å²) < 4.78 is 0. The Morgan fingerprint density at radius 3 is 2.16 bits per heavy atom. The van der Waals surface area contributed by atoms with Crippen molar-refractivity contribution in [3.8, 4) is 0 Å². The second-order valence-electron chi connectivity index (χ2n) is 5.35. The Bertz CT molecular complexity index is 447. The zero-order chi connectivity index (χ0) is 14.5.